The third-order valence-corrected chi connectivity index (χ3v) is 3.42. The molecule has 4 nitrogen and oxygen atoms in total. The summed E-state index contributed by atoms with van der Waals surface area (Å²) in [7, 11) is 1.61. The number of amides is 1. The fraction of sp³-hybridized carbons (Fsp3) is 0.533. The number of rotatable bonds is 7. The normalized spacial score (nSPS) is 17.0. The third kappa shape index (κ3) is 4.02. The molecule has 0 radical (unpaired) electrons. The maximum atomic E-state index is 13.1. The molecule has 0 unspecified atom stereocenters. The summed E-state index contributed by atoms with van der Waals surface area (Å²) in [5.74, 6) is -0.258. The van der Waals surface area contributed by atoms with Crippen LogP contribution in [0.25, 0.3) is 0 Å². The van der Waals surface area contributed by atoms with Crippen LogP contribution in [0.3, 0.4) is 0 Å². The molecule has 1 aliphatic rings. The zero-order chi connectivity index (χ0) is 14.4. The van der Waals surface area contributed by atoms with Gasteiger partial charge >= 0.3 is 0 Å². The van der Waals surface area contributed by atoms with Gasteiger partial charge in [0.05, 0.1) is 25.9 Å². The van der Waals surface area contributed by atoms with Gasteiger partial charge in [0.1, 0.15) is 5.82 Å². The molecule has 1 amide bonds. The predicted octanol–water partition coefficient (Wildman–Crippen LogP) is 1.98. The van der Waals surface area contributed by atoms with Gasteiger partial charge in [-0.15, -0.1) is 0 Å². The first kappa shape index (κ1) is 14.9. The minimum atomic E-state index is -0.220. The molecule has 1 atom stereocenters. The first-order chi connectivity index (χ1) is 9.70. The van der Waals surface area contributed by atoms with E-state index in [1.54, 1.807) is 19.2 Å². The third-order valence-electron chi connectivity index (χ3n) is 3.42. The van der Waals surface area contributed by atoms with Gasteiger partial charge in [-0.1, -0.05) is 6.07 Å². The molecule has 2 rings (SSSR count). The highest BCUT2D eigenvalue weighted by molar-refractivity contribution is 5.76. The fourth-order valence-corrected chi connectivity index (χ4v) is 2.41. The van der Waals surface area contributed by atoms with Gasteiger partial charge in [-0.05, 0) is 36.1 Å². The summed E-state index contributed by atoms with van der Waals surface area (Å²) in [6.07, 6.45) is 1.97. The molecule has 110 valence electrons. The number of carbonyl (C=O) groups is 1. The number of nitrogens with one attached hydrogen (secondary N) is 1. The van der Waals surface area contributed by atoms with E-state index in [-0.39, 0.29) is 17.8 Å². The van der Waals surface area contributed by atoms with Crippen LogP contribution >= 0.6 is 0 Å². The molecule has 20 heavy (non-hydrogen) atoms. The first-order valence-corrected chi connectivity index (χ1v) is 6.85. The number of halogens is 1. The van der Waals surface area contributed by atoms with E-state index in [9.17, 15) is 9.18 Å². The molecule has 1 aliphatic carbocycles. The van der Waals surface area contributed by atoms with E-state index in [0.29, 0.717) is 26.2 Å². The smallest absolute Gasteiger partial charge is 0.222 e. The van der Waals surface area contributed by atoms with E-state index in [0.717, 1.165) is 24.0 Å². The minimum absolute atomic E-state index is 0.00271. The Kier molecular flexibility index (Phi) is 5.49. The molecule has 5 heteroatoms. The number of fused-ring (bicyclic) bond motifs is 1. The van der Waals surface area contributed by atoms with Gasteiger partial charge in [0.25, 0.3) is 0 Å². The molecule has 1 aromatic rings. The molecule has 0 saturated carbocycles. The average molecular weight is 281 g/mol. The van der Waals surface area contributed by atoms with Gasteiger partial charge in [0, 0.05) is 13.5 Å². The summed E-state index contributed by atoms with van der Waals surface area (Å²) in [5, 5.41) is 2.97. The lowest BCUT2D eigenvalue weighted by Crippen LogP contribution is -2.28. The highest BCUT2D eigenvalue weighted by Gasteiger charge is 2.23. The molecular formula is C15H20FNO3. The Balaban J connectivity index is 1.76. The van der Waals surface area contributed by atoms with E-state index in [1.165, 1.54) is 6.07 Å². The standard InChI is InChI=1S/C15H20FNO3/c1-19-8-9-20-7-6-15(18)17-14-5-2-11-10-12(16)3-4-13(11)14/h3-4,10,14H,2,5-9H2,1H3,(H,17,18)/t14-/m0/s1. The number of hydrogen-bond acceptors (Lipinski definition) is 3. The van der Waals surface area contributed by atoms with Gasteiger partial charge in [0.2, 0.25) is 5.91 Å². The quantitative estimate of drug-likeness (QED) is 0.777. The van der Waals surface area contributed by atoms with Gasteiger partial charge < -0.3 is 14.8 Å². The van der Waals surface area contributed by atoms with Crippen molar-refractivity contribution in [3.63, 3.8) is 0 Å². The van der Waals surface area contributed by atoms with E-state index >= 15 is 0 Å². The minimum Gasteiger partial charge on any atom is -0.382 e. The molecule has 1 N–H and O–H groups in total. The van der Waals surface area contributed by atoms with Crippen molar-refractivity contribution < 1.29 is 18.7 Å². The van der Waals surface area contributed by atoms with Crippen molar-refractivity contribution in [1.82, 2.24) is 5.32 Å². The lowest BCUT2D eigenvalue weighted by molar-refractivity contribution is -0.123. The Morgan fingerprint density at radius 1 is 1.40 bits per heavy atom. The van der Waals surface area contributed by atoms with Crippen LogP contribution in [-0.2, 0) is 20.7 Å². The van der Waals surface area contributed by atoms with Gasteiger partial charge in [-0.25, -0.2) is 4.39 Å². The zero-order valence-electron chi connectivity index (χ0n) is 11.7. The molecule has 0 heterocycles. The van der Waals surface area contributed by atoms with Crippen LogP contribution in [0.2, 0.25) is 0 Å². The number of ether oxygens (including phenoxy) is 2. The van der Waals surface area contributed by atoms with Crippen molar-refractivity contribution in [2.45, 2.75) is 25.3 Å². The molecule has 1 aromatic carbocycles. The van der Waals surface area contributed by atoms with Crippen LogP contribution in [-0.4, -0.2) is 32.8 Å². The Morgan fingerprint density at radius 3 is 3.05 bits per heavy atom. The lowest BCUT2D eigenvalue weighted by atomic mass is 10.1. The highest BCUT2D eigenvalue weighted by Crippen LogP contribution is 2.31. The summed E-state index contributed by atoms with van der Waals surface area (Å²) in [5.41, 5.74) is 2.02. The van der Waals surface area contributed by atoms with Crippen molar-refractivity contribution in [2.75, 3.05) is 26.9 Å². The van der Waals surface area contributed by atoms with Crippen molar-refractivity contribution in [1.29, 1.82) is 0 Å². The first-order valence-electron chi connectivity index (χ1n) is 6.85. The van der Waals surface area contributed by atoms with E-state index in [2.05, 4.69) is 5.32 Å². The van der Waals surface area contributed by atoms with Crippen LogP contribution in [0.15, 0.2) is 18.2 Å². The number of hydrogen-bond donors (Lipinski definition) is 1. The molecule has 0 saturated heterocycles. The summed E-state index contributed by atoms with van der Waals surface area (Å²) in [6, 6.07) is 4.75. The van der Waals surface area contributed by atoms with Crippen molar-refractivity contribution in [3.05, 3.63) is 35.1 Å². The summed E-state index contributed by atoms with van der Waals surface area (Å²) < 4.78 is 23.2. The number of benzene rings is 1. The maximum Gasteiger partial charge on any atom is 0.222 e. The Bertz CT molecular complexity index is 464. The fourth-order valence-electron chi connectivity index (χ4n) is 2.41. The van der Waals surface area contributed by atoms with Crippen LogP contribution in [0.1, 0.15) is 30.0 Å². The van der Waals surface area contributed by atoms with Crippen molar-refractivity contribution >= 4 is 5.91 Å². The molecular weight excluding hydrogens is 261 g/mol. The van der Waals surface area contributed by atoms with Crippen molar-refractivity contribution in [2.24, 2.45) is 0 Å². The van der Waals surface area contributed by atoms with Crippen LogP contribution in [0.4, 0.5) is 4.39 Å². The number of aryl methyl sites for hydroxylation is 1. The molecule has 0 aliphatic heterocycles. The van der Waals surface area contributed by atoms with Crippen LogP contribution in [0.5, 0.6) is 0 Å². The molecule has 0 fully saturated rings. The summed E-state index contributed by atoms with van der Waals surface area (Å²) >= 11 is 0. The average Bonchev–Trinajstić information content (AvgIpc) is 2.81. The van der Waals surface area contributed by atoms with E-state index < -0.39 is 0 Å². The summed E-state index contributed by atoms with van der Waals surface area (Å²) in [6.45, 7) is 1.41. The monoisotopic (exact) mass is 281 g/mol. The van der Waals surface area contributed by atoms with Gasteiger partial charge in [-0.2, -0.15) is 0 Å². The van der Waals surface area contributed by atoms with Crippen molar-refractivity contribution in [3.8, 4) is 0 Å². The summed E-state index contributed by atoms with van der Waals surface area (Å²) in [4.78, 5) is 11.8. The topological polar surface area (TPSA) is 47.6 Å². The van der Waals surface area contributed by atoms with E-state index in [1.807, 2.05) is 0 Å². The Labute approximate surface area is 118 Å². The molecule has 0 bridgehead atoms. The van der Waals surface area contributed by atoms with E-state index in [4.69, 9.17) is 9.47 Å². The Morgan fingerprint density at radius 2 is 2.25 bits per heavy atom. The Hall–Kier alpha value is -1.46. The second-order valence-electron chi connectivity index (χ2n) is 4.86. The zero-order valence-corrected chi connectivity index (χ0v) is 11.7. The van der Waals surface area contributed by atoms with Gasteiger partial charge in [0.15, 0.2) is 0 Å². The SMILES string of the molecule is COCCOCCC(=O)N[C@H]1CCc2cc(F)ccc21. The van der Waals surface area contributed by atoms with Gasteiger partial charge in [-0.3, -0.25) is 4.79 Å². The maximum absolute atomic E-state index is 13.1. The van der Waals surface area contributed by atoms with Crippen LogP contribution < -0.4 is 5.32 Å². The molecule has 0 aromatic heterocycles. The second kappa shape index (κ2) is 7.36. The molecule has 0 spiro atoms. The second-order valence-corrected chi connectivity index (χ2v) is 4.86. The number of carbonyl (C=O) groups excluding carboxylic acids is 1. The highest BCUT2D eigenvalue weighted by atomic mass is 19.1. The number of methoxy groups -OCH3 is 1. The van der Waals surface area contributed by atoms with Crippen LogP contribution in [0, 0.1) is 5.82 Å². The largest absolute Gasteiger partial charge is 0.382 e. The predicted molar refractivity (Wildman–Crippen MR) is 72.9 cm³/mol. The lowest BCUT2D eigenvalue weighted by Gasteiger charge is -2.14.